The minimum absolute atomic E-state index is 0.105. The summed E-state index contributed by atoms with van der Waals surface area (Å²) in [7, 11) is 1.64. The molecule has 0 spiro atoms. The van der Waals surface area contributed by atoms with E-state index in [0.29, 0.717) is 22.3 Å². The highest BCUT2D eigenvalue weighted by Gasteiger charge is 2.23. The van der Waals surface area contributed by atoms with Crippen LogP contribution >= 0.6 is 34.7 Å². The summed E-state index contributed by atoms with van der Waals surface area (Å²) in [6, 6.07) is 8.49. The first-order chi connectivity index (χ1) is 15.0. The number of halogens is 2. The van der Waals surface area contributed by atoms with Crippen molar-refractivity contribution in [1.82, 2.24) is 19.7 Å². The van der Waals surface area contributed by atoms with Gasteiger partial charge in [0.2, 0.25) is 5.91 Å². The molecule has 1 atom stereocenters. The summed E-state index contributed by atoms with van der Waals surface area (Å²) < 4.78 is 21.9. The summed E-state index contributed by atoms with van der Waals surface area (Å²) in [5.41, 5.74) is 0.312. The normalized spacial score (nSPS) is 16.0. The third-order valence-electron chi connectivity index (χ3n) is 5.08. The zero-order chi connectivity index (χ0) is 21.8. The molecule has 1 aliphatic heterocycles. The Morgan fingerprint density at radius 1 is 1.39 bits per heavy atom. The summed E-state index contributed by atoms with van der Waals surface area (Å²) in [5.74, 6) is 0.383. The van der Waals surface area contributed by atoms with E-state index in [-0.39, 0.29) is 24.3 Å². The van der Waals surface area contributed by atoms with Crippen LogP contribution < -0.4 is 0 Å². The summed E-state index contributed by atoms with van der Waals surface area (Å²) in [5, 5.41) is 11.7. The number of carbonyl (C=O) groups is 1. The predicted octanol–water partition coefficient (Wildman–Crippen LogP) is 4.73. The van der Waals surface area contributed by atoms with Crippen molar-refractivity contribution in [2.75, 3.05) is 19.4 Å². The van der Waals surface area contributed by atoms with Gasteiger partial charge in [-0.05, 0) is 36.4 Å². The summed E-state index contributed by atoms with van der Waals surface area (Å²) in [6.45, 7) is 1.52. The topological polar surface area (TPSA) is 60.2 Å². The molecule has 0 N–H and O–H groups in total. The number of carbonyl (C=O) groups excluding carboxylic acids is 1. The fraction of sp³-hybridized carbons (Fsp3) is 0.381. The van der Waals surface area contributed by atoms with Crippen LogP contribution in [0, 0.1) is 5.82 Å². The molecule has 1 saturated heterocycles. The number of ether oxygens (including phenoxy) is 1. The number of aromatic nitrogens is 3. The average molecular weight is 481 g/mol. The van der Waals surface area contributed by atoms with Crippen LogP contribution in [-0.4, -0.2) is 51.1 Å². The van der Waals surface area contributed by atoms with E-state index in [1.165, 1.54) is 22.7 Å². The van der Waals surface area contributed by atoms with Crippen molar-refractivity contribution in [2.45, 2.75) is 37.2 Å². The Morgan fingerprint density at radius 2 is 2.26 bits per heavy atom. The summed E-state index contributed by atoms with van der Waals surface area (Å²) in [4.78, 5) is 15.2. The Balaban J connectivity index is 1.45. The van der Waals surface area contributed by atoms with Gasteiger partial charge in [0, 0.05) is 30.8 Å². The van der Waals surface area contributed by atoms with Crippen molar-refractivity contribution in [3.63, 3.8) is 0 Å². The number of thioether (sulfide) groups is 1. The quantitative estimate of drug-likeness (QED) is 0.436. The maximum atomic E-state index is 14.0. The van der Waals surface area contributed by atoms with E-state index in [4.69, 9.17) is 16.3 Å². The van der Waals surface area contributed by atoms with Gasteiger partial charge in [-0.25, -0.2) is 4.39 Å². The number of amides is 1. The number of nitrogens with zero attached hydrogens (tertiary/aromatic N) is 4. The van der Waals surface area contributed by atoms with E-state index in [0.717, 1.165) is 30.2 Å². The lowest BCUT2D eigenvalue weighted by molar-refractivity contribution is -0.127. The SMILES string of the molecule is CN(Cc1c(F)cccc1Cl)C(=O)CSc1nnc(-c2cccs2)n1CC1CCCO1. The number of rotatable bonds is 8. The van der Waals surface area contributed by atoms with Crippen molar-refractivity contribution in [2.24, 2.45) is 0 Å². The fourth-order valence-corrected chi connectivity index (χ4v) is 5.21. The standard InChI is InChI=1S/C21H22ClFN4O2S2/c1-26(12-15-16(22)6-2-7-17(15)23)19(28)13-31-21-25-24-20(18-8-4-10-30-18)27(21)11-14-5-3-9-29-14/h2,4,6-8,10,14H,3,5,9,11-13H2,1H3. The molecule has 0 radical (unpaired) electrons. The van der Waals surface area contributed by atoms with E-state index >= 15 is 0 Å². The molecule has 0 saturated carbocycles. The molecule has 6 nitrogen and oxygen atoms in total. The minimum atomic E-state index is -0.420. The van der Waals surface area contributed by atoms with Crippen molar-refractivity contribution in [3.8, 4) is 10.7 Å². The highest BCUT2D eigenvalue weighted by molar-refractivity contribution is 7.99. The molecule has 0 aliphatic carbocycles. The van der Waals surface area contributed by atoms with Crippen LogP contribution in [0.3, 0.4) is 0 Å². The Kier molecular flexibility index (Phi) is 7.27. The van der Waals surface area contributed by atoms with Gasteiger partial charge >= 0.3 is 0 Å². The third kappa shape index (κ3) is 5.28. The fourth-order valence-electron chi connectivity index (χ4n) is 3.39. The molecule has 10 heteroatoms. The molecule has 0 bridgehead atoms. The molecule has 1 amide bonds. The van der Waals surface area contributed by atoms with Gasteiger partial charge in [-0.15, -0.1) is 21.5 Å². The lowest BCUT2D eigenvalue weighted by Crippen LogP contribution is -2.28. The second kappa shape index (κ2) is 10.1. The van der Waals surface area contributed by atoms with Gasteiger partial charge in [-0.2, -0.15) is 0 Å². The zero-order valence-corrected chi connectivity index (χ0v) is 19.4. The predicted molar refractivity (Wildman–Crippen MR) is 121 cm³/mol. The molecular weight excluding hydrogens is 459 g/mol. The van der Waals surface area contributed by atoms with E-state index in [1.54, 1.807) is 30.5 Å². The van der Waals surface area contributed by atoms with Crippen LogP contribution in [-0.2, 0) is 22.6 Å². The van der Waals surface area contributed by atoms with Gasteiger partial charge in [-0.1, -0.05) is 35.5 Å². The van der Waals surface area contributed by atoms with Crippen molar-refractivity contribution < 1.29 is 13.9 Å². The molecule has 2 aromatic heterocycles. The average Bonchev–Trinajstić information content (AvgIpc) is 3.51. The molecule has 1 fully saturated rings. The molecular formula is C21H22ClFN4O2S2. The van der Waals surface area contributed by atoms with Crippen LogP contribution in [0.25, 0.3) is 10.7 Å². The Morgan fingerprint density at radius 3 is 2.97 bits per heavy atom. The van der Waals surface area contributed by atoms with Crippen molar-refractivity contribution in [3.05, 3.63) is 52.1 Å². The number of hydrogen-bond acceptors (Lipinski definition) is 6. The van der Waals surface area contributed by atoms with Crippen LogP contribution in [0.1, 0.15) is 18.4 Å². The molecule has 31 heavy (non-hydrogen) atoms. The highest BCUT2D eigenvalue weighted by Crippen LogP contribution is 2.29. The Labute approximate surface area is 193 Å². The second-order valence-electron chi connectivity index (χ2n) is 7.27. The third-order valence-corrected chi connectivity index (χ3v) is 7.25. The first-order valence-electron chi connectivity index (χ1n) is 9.91. The first-order valence-corrected chi connectivity index (χ1v) is 12.2. The molecule has 1 aromatic carbocycles. The maximum absolute atomic E-state index is 14.0. The second-order valence-corrected chi connectivity index (χ2v) is 9.57. The summed E-state index contributed by atoms with van der Waals surface area (Å²) >= 11 is 9.01. The monoisotopic (exact) mass is 480 g/mol. The Hall–Kier alpha value is -1.94. The lowest BCUT2D eigenvalue weighted by atomic mass is 10.2. The van der Waals surface area contributed by atoms with E-state index in [1.807, 2.05) is 22.1 Å². The van der Waals surface area contributed by atoms with Gasteiger partial charge < -0.3 is 9.64 Å². The van der Waals surface area contributed by atoms with E-state index in [9.17, 15) is 9.18 Å². The maximum Gasteiger partial charge on any atom is 0.233 e. The summed E-state index contributed by atoms with van der Waals surface area (Å²) in [6.07, 6.45) is 2.17. The molecule has 3 aromatic rings. The molecule has 4 rings (SSSR count). The molecule has 164 valence electrons. The van der Waals surface area contributed by atoms with E-state index < -0.39 is 5.82 Å². The first kappa shape index (κ1) is 22.3. The number of benzene rings is 1. The molecule has 3 heterocycles. The molecule has 1 unspecified atom stereocenters. The van der Waals surface area contributed by atoms with Gasteiger partial charge in [0.1, 0.15) is 5.82 Å². The Bertz CT molecular complexity index is 1020. The number of hydrogen-bond donors (Lipinski definition) is 0. The van der Waals surface area contributed by atoms with Gasteiger partial charge in [-0.3, -0.25) is 9.36 Å². The highest BCUT2D eigenvalue weighted by atomic mass is 35.5. The minimum Gasteiger partial charge on any atom is -0.376 e. The molecule has 1 aliphatic rings. The van der Waals surface area contributed by atoms with Gasteiger partial charge in [0.25, 0.3) is 0 Å². The van der Waals surface area contributed by atoms with Crippen LogP contribution in [0.15, 0.2) is 40.9 Å². The lowest BCUT2D eigenvalue weighted by Gasteiger charge is -2.18. The van der Waals surface area contributed by atoms with Crippen LogP contribution in [0.4, 0.5) is 4.39 Å². The number of thiophene rings is 1. The zero-order valence-electron chi connectivity index (χ0n) is 17.0. The van der Waals surface area contributed by atoms with Crippen LogP contribution in [0.5, 0.6) is 0 Å². The van der Waals surface area contributed by atoms with Gasteiger partial charge in [0.05, 0.1) is 23.3 Å². The largest absolute Gasteiger partial charge is 0.376 e. The van der Waals surface area contributed by atoms with Gasteiger partial charge in [0.15, 0.2) is 11.0 Å². The van der Waals surface area contributed by atoms with Crippen molar-refractivity contribution >= 4 is 40.6 Å². The van der Waals surface area contributed by atoms with Crippen molar-refractivity contribution in [1.29, 1.82) is 0 Å². The van der Waals surface area contributed by atoms with Crippen LogP contribution in [0.2, 0.25) is 5.02 Å². The smallest absolute Gasteiger partial charge is 0.233 e. The van der Waals surface area contributed by atoms with E-state index in [2.05, 4.69) is 10.2 Å².